The molecule has 0 spiro atoms. The lowest BCUT2D eigenvalue weighted by atomic mass is 10.1. The van der Waals surface area contributed by atoms with Gasteiger partial charge in [-0.2, -0.15) is 4.57 Å². The largest absolute Gasteiger partial charge is 0.494 e. The molecule has 1 heterocycles. The predicted molar refractivity (Wildman–Crippen MR) is 135 cm³/mol. The highest BCUT2D eigenvalue weighted by Crippen LogP contribution is 2.23. The molecule has 0 aliphatic carbocycles. The van der Waals surface area contributed by atoms with Gasteiger partial charge in [0.05, 0.1) is 13.7 Å². The van der Waals surface area contributed by atoms with Crippen LogP contribution in [0.25, 0.3) is 22.1 Å². The van der Waals surface area contributed by atoms with E-state index in [2.05, 4.69) is 35.8 Å². The Hall–Kier alpha value is -2.53. The fraction of sp³-hybridized carbons (Fsp3) is 0.500. The van der Waals surface area contributed by atoms with Crippen molar-refractivity contribution in [1.29, 1.82) is 0 Å². The molecule has 3 rings (SSSR count). The fourth-order valence-electron chi connectivity index (χ4n) is 4.07. The highest BCUT2D eigenvalue weighted by molar-refractivity contribution is 5.85. The van der Waals surface area contributed by atoms with Gasteiger partial charge in [-0.3, -0.25) is 4.79 Å². The van der Waals surface area contributed by atoms with Crippen LogP contribution in [0.1, 0.15) is 64.7 Å². The monoisotopic (exact) mass is 452 g/mol. The molecule has 0 N–H and O–H groups in total. The summed E-state index contributed by atoms with van der Waals surface area (Å²) in [6.45, 7) is 4.44. The van der Waals surface area contributed by atoms with Gasteiger partial charge in [0.15, 0.2) is 11.3 Å². The molecule has 5 nitrogen and oxygen atoms in total. The minimum absolute atomic E-state index is 0. The number of para-hydroxylation sites is 3. The summed E-state index contributed by atoms with van der Waals surface area (Å²) >= 11 is 0. The lowest BCUT2D eigenvalue weighted by molar-refractivity contribution is -0.646. The first-order chi connectivity index (χ1) is 15.7. The number of Topliss-reactive ketones (excluding diaryl/α,β-unsaturated/α-hetero) is 1. The number of aryl methyl sites for hydroxylation is 1. The van der Waals surface area contributed by atoms with E-state index in [0.29, 0.717) is 25.2 Å². The molecule has 0 bridgehead atoms. The second-order valence-corrected chi connectivity index (χ2v) is 8.35. The molecular weight excluding hydrogens is 412 g/mol. The molecule has 1 aromatic heterocycles. The van der Waals surface area contributed by atoms with E-state index in [1.165, 1.54) is 0 Å². The molecule has 0 amide bonds. The van der Waals surface area contributed by atoms with E-state index in [4.69, 9.17) is 14.5 Å². The van der Waals surface area contributed by atoms with Gasteiger partial charge in [0.25, 0.3) is 0 Å². The topological polar surface area (TPSA) is 52.3 Å². The third kappa shape index (κ3) is 7.78. The van der Waals surface area contributed by atoms with Crippen molar-refractivity contribution in [3.63, 3.8) is 0 Å². The normalized spacial score (nSPS) is 11.0. The van der Waals surface area contributed by atoms with Gasteiger partial charge >= 0.3 is 0 Å². The Morgan fingerprint density at radius 1 is 0.879 bits per heavy atom. The second-order valence-electron chi connectivity index (χ2n) is 8.35. The van der Waals surface area contributed by atoms with Crippen LogP contribution in [0.4, 0.5) is 0 Å². The molecular formula is C28H40N2O3. The van der Waals surface area contributed by atoms with Crippen LogP contribution in [0.5, 0.6) is 5.75 Å². The summed E-state index contributed by atoms with van der Waals surface area (Å²) in [5, 5.41) is 0. The molecule has 0 radical (unpaired) electrons. The maximum atomic E-state index is 12.0. The standard InChI is InChI=1S/C27H37N2O3.CH3/c1-3-4-20-32-21-18-22(30)13-8-6-5-7-11-19-29-24-15-10-9-14-23(24)28-27-25(29)16-12-17-26(27)31-2;/h9-10,12,14-17H,3-8,11,13,18-21H2,1-2H3;1H3/q+1;-1. The summed E-state index contributed by atoms with van der Waals surface area (Å²) in [6.07, 6.45) is 8.97. The van der Waals surface area contributed by atoms with E-state index in [1.54, 1.807) is 7.11 Å². The van der Waals surface area contributed by atoms with Crippen LogP contribution < -0.4 is 9.30 Å². The van der Waals surface area contributed by atoms with Crippen LogP contribution in [0.15, 0.2) is 42.5 Å². The van der Waals surface area contributed by atoms with Crippen LogP contribution in [-0.4, -0.2) is 31.1 Å². The predicted octanol–water partition coefficient (Wildman–Crippen LogP) is 6.25. The zero-order valence-electron chi connectivity index (χ0n) is 20.6. The first-order valence-corrected chi connectivity index (χ1v) is 12.1. The highest BCUT2D eigenvalue weighted by atomic mass is 16.5. The van der Waals surface area contributed by atoms with Gasteiger partial charge in [-0.15, -0.1) is 0 Å². The van der Waals surface area contributed by atoms with E-state index < -0.39 is 0 Å². The molecule has 0 saturated heterocycles. The molecule has 33 heavy (non-hydrogen) atoms. The number of hydrogen-bond acceptors (Lipinski definition) is 4. The van der Waals surface area contributed by atoms with Crippen LogP contribution in [0.3, 0.4) is 0 Å². The van der Waals surface area contributed by atoms with Crippen LogP contribution in [0.2, 0.25) is 0 Å². The quantitative estimate of drug-likeness (QED) is 0.118. The van der Waals surface area contributed by atoms with Crippen molar-refractivity contribution < 1.29 is 18.8 Å². The summed E-state index contributed by atoms with van der Waals surface area (Å²) in [6, 6.07) is 14.4. The smallest absolute Gasteiger partial charge is 0.235 e. The summed E-state index contributed by atoms with van der Waals surface area (Å²) in [5.41, 5.74) is 4.15. The Morgan fingerprint density at radius 2 is 1.64 bits per heavy atom. The number of unbranched alkanes of at least 4 members (excludes halogenated alkanes) is 5. The fourth-order valence-corrected chi connectivity index (χ4v) is 4.07. The number of fused-ring (bicyclic) bond motifs is 2. The van der Waals surface area contributed by atoms with Crippen LogP contribution in [-0.2, 0) is 16.1 Å². The van der Waals surface area contributed by atoms with Crippen LogP contribution >= 0.6 is 0 Å². The zero-order valence-corrected chi connectivity index (χ0v) is 20.6. The Labute approximate surface area is 199 Å². The Bertz CT molecular complexity index is 1000. The molecule has 0 atom stereocenters. The first-order valence-electron chi connectivity index (χ1n) is 12.1. The number of methoxy groups -OCH3 is 1. The summed E-state index contributed by atoms with van der Waals surface area (Å²) < 4.78 is 13.4. The van der Waals surface area contributed by atoms with Gasteiger partial charge in [0, 0.05) is 38.0 Å². The molecule has 3 aromatic rings. The number of aromatic nitrogens is 2. The number of ether oxygens (including phenoxy) is 2. The van der Waals surface area contributed by atoms with E-state index in [1.807, 2.05) is 18.2 Å². The van der Waals surface area contributed by atoms with Gasteiger partial charge < -0.3 is 16.9 Å². The molecule has 0 aliphatic heterocycles. The summed E-state index contributed by atoms with van der Waals surface area (Å²) in [4.78, 5) is 16.8. The van der Waals surface area contributed by atoms with Crippen molar-refractivity contribution in [3.8, 4) is 5.75 Å². The third-order valence-electron chi connectivity index (χ3n) is 5.90. The Balaban J connectivity index is 0.00000385. The molecule has 0 fully saturated rings. The number of rotatable bonds is 15. The van der Waals surface area contributed by atoms with E-state index in [-0.39, 0.29) is 7.43 Å². The zero-order chi connectivity index (χ0) is 22.6. The number of ketones is 1. The van der Waals surface area contributed by atoms with Crippen molar-refractivity contribution in [1.82, 2.24) is 4.98 Å². The summed E-state index contributed by atoms with van der Waals surface area (Å²) in [5.74, 6) is 1.14. The van der Waals surface area contributed by atoms with Crippen LogP contribution in [0, 0.1) is 7.43 Å². The first kappa shape index (κ1) is 26.7. The van der Waals surface area contributed by atoms with Gasteiger partial charge in [-0.05, 0) is 31.4 Å². The molecule has 0 aliphatic rings. The maximum Gasteiger partial charge on any atom is 0.235 e. The number of benzene rings is 2. The number of carbonyl (C=O) groups is 1. The van der Waals surface area contributed by atoms with Crippen molar-refractivity contribution in [2.75, 3.05) is 20.3 Å². The van der Waals surface area contributed by atoms with Gasteiger partial charge in [0.1, 0.15) is 17.8 Å². The minimum Gasteiger partial charge on any atom is -0.494 e. The molecule has 0 saturated carbocycles. The molecule has 5 heteroatoms. The lowest BCUT2D eigenvalue weighted by Gasteiger charge is -2.08. The minimum atomic E-state index is 0. The number of carbonyl (C=O) groups excluding carboxylic acids is 1. The van der Waals surface area contributed by atoms with Crippen molar-refractivity contribution in [3.05, 3.63) is 49.9 Å². The van der Waals surface area contributed by atoms with Crippen molar-refractivity contribution >= 4 is 27.9 Å². The van der Waals surface area contributed by atoms with E-state index >= 15 is 0 Å². The maximum absolute atomic E-state index is 12.0. The molecule has 180 valence electrons. The van der Waals surface area contributed by atoms with Crippen molar-refractivity contribution in [2.45, 2.75) is 71.3 Å². The second kappa shape index (κ2) is 14.6. The lowest BCUT2D eigenvalue weighted by Crippen LogP contribution is -2.36. The van der Waals surface area contributed by atoms with E-state index in [0.717, 1.165) is 85.9 Å². The molecule has 0 unspecified atom stereocenters. The number of hydrogen-bond donors (Lipinski definition) is 0. The van der Waals surface area contributed by atoms with E-state index in [9.17, 15) is 4.79 Å². The van der Waals surface area contributed by atoms with Gasteiger partial charge in [-0.25, -0.2) is 4.98 Å². The van der Waals surface area contributed by atoms with Gasteiger partial charge in [0.2, 0.25) is 11.0 Å². The summed E-state index contributed by atoms with van der Waals surface area (Å²) in [7, 11) is 1.69. The average Bonchev–Trinajstić information content (AvgIpc) is 2.82. The Kier molecular flexibility index (Phi) is 11.8. The van der Waals surface area contributed by atoms with Gasteiger partial charge in [-0.1, -0.05) is 44.4 Å². The third-order valence-corrected chi connectivity index (χ3v) is 5.90. The number of nitrogens with zero attached hydrogens (tertiary/aromatic N) is 2. The SMILES string of the molecule is CCCCOCCC(=O)CCCCCCC[n+]1c2ccccc2nc2c(OC)cccc21.[CH3-]. The van der Waals surface area contributed by atoms with Crippen molar-refractivity contribution in [2.24, 2.45) is 0 Å². The molecule has 2 aromatic carbocycles. The average molecular weight is 453 g/mol. The Morgan fingerprint density at radius 3 is 2.45 bits per heavy atom. The highest BCUT2D eigenvalue weighted by Gasteiger charge is 2.18.